The highest BCUT2D eigenvalue weighted by Gasteiger charge is 2.09. The lowest BCUT2D eigenvalue weighted by Gasteiger charge is -2.08. The first-order valence-corrected chi connectivity index (χ1v) is 7.15. The van der Waals surface area contributed by atoms with Crippen LogP contribution in [0.1, 0.15) is 17.0 Å². The molecule has 0 aliphatic heterocycles. The fourth-order valence-corrected chi connectivity index (χ4v) is 2.31. The Kier molecular flexibility index (Phi) is 3.94. The lowest BCUT2D eigenvalue weighted by atomic mass is 10.1. The summed E-state index contributed by atoms with van der Waals surface area (Å²) >= 11 is 0. The van der Waals surface area contributed by atoms with Crippen LogP contribution in [0.5, 0.6) is 0 Å². The largest absolute Gasteiger partial charge is 0.392 e. The number of rotatable bonds is 3. The quantitative estimate of drug-likeness (QED) is 0.804. The van der Waals surface area contributed by atoms with Gasteiger partial charge in [0.05, 0.1) is 29.4 Å². The fourth-order valence-electron chi connectivity index (χ4n) is 2.31. The molecule has 0 saturated heterocycles. The van der Waals surface area contributed by atoms with Crippen molar-refractivity contribution in [1.29, 1.82) is 0 Å². The first kappa shape index (κ1) is 14.4. The van der Waals surface area contributed by atoms with Crippen LogP contribution < -0.4 is 0 Å². The van der Waals surface area contributed by atoms with Gasteiger partial charge in [0, 0.05) is 11.4 Å². The third-order valence-electron chi connectivity index (χ3n) is 3.37. The normalized spacial score (nSPS) is 10.7. The minimum Gasteiger partial charge on any atom is -0.392 e. The summed E-state index contributed by atoms with van der Waals surface area (Å²) in [5.74, 6) is 0. The molecule has 0 aliphatic carbocycles. The minimum absolute atomic E-state index is 0.0415. The van der Waals surface area contributed by atoms with Crippen molar-refractivity contribution in [3.05, 3.63) is 65.5 Å². The second kappa shape index (κ2) is 6.03. The van der Waals surface area contributed by atoms with Gasteiger partial charge in [-0.2, -0.15) is 0 Å². The molecule has 0 atom stereocenters. The van der Waals surface area contributed by atoms with Crippen molar-refractivity contribution >= 4 is 0 Å². The van der Waals surface area contributed by atoms with Crippen molar-refractivity contribution in [2.75, 3.05) is 0 Å². The SMILES string of the molecule is Cc1cccc(-c2cc(CO)cc(-c3cccc(C)n3)n2)n1. The van der Waals surface area contributed by atoms with E-state index in [0.29, 0.717) is 0 Å². The first-order valence-electron chi connectivity index (χ1n) is 7.15. The van der Waals surface area contributed by atoms with E-state index in [2.05, 4.69) is 15.0 Å². The summed E-state index contributed by atoms with van der Waals surface area (Å²) in [6.07, 6.45) is 0. The molecular weight excluding hydrogens is 274 g/mol. The molecule has 110 valence electrons. The van der Waals surface area contributed by atoms with E-state index in [1.54, 1.807) is 0 Å². The Bertz CT molecular complexity index is 751. The molecule has 3 heterocycles. The molecule has 4 heteroatoms. The molecular formula is C18H17N3O. The Labute approximate surface area is 129 Å². The average molecular weight is 291 g/mol. The molecule has 1 N–H and O–H groups in total. The standard InChI is InChI=1S/C18H17N3O/c1-12-5-3-7-15(19-12)17-9-14(11-22)10-18(21-17)16-8-4-6-13(2)20-16/h3-10,22H,11H2,1-2H3. The van der Waals surface area contributed by atoms with Crippen LogP contribution in [0.2, 0.25) is 0 Å². The second-order valence-corrected chi connectivity index (χ2v) is 5.23. The molecule has 0 spiro atoms. The summed E-state index contributed by atoms with van der Waals surface area (Å²) in [7, 11) is 0. The van der Waals surface area contributed by atoms with Gasteiger partial charge in [-0.15, -0.1) is 0 Å². The van der Waals surface area contributed by atoms with Gasteiger partial charge in [0.1, 0.15) is 0 Å². The van der Waals surface area contributed by atoms with Gasteiger partial charge < -0.3 is 5.11 Å². The zero-order valence-corrected chi connectivity index (χ0v) is 12.6. The number of nitrogens with zero attached hydrogens (tertiary/aromatic N) is 3. The van der Waals surface area contributed by atoms with Crippen molar-refractivity contribution in [3.63, 3.8) is 0 Å². The Morgan fingerprint density at radius 1 is 0.727 bits per heavy atom. The van der Waals surface area contributed by atoms with Gasteiger partial charge in [-0.3, -0.25) is 9.97 Å². The summed E-state index contributed by atoms with van der Waals surface area (Å²) in [6, 6.07) is 15.4. The van der Waals surface area contributed by atoms with Gasteiger partial charge in [0.2, 0.25) is 0 Å². The Morgan fingerprint density at radius 2 is 1.23 bits per heavy atom. The summed E-state index contributed by atoms with van der Waals surface area (Å²) in [5, 5.41) is 9.52. The number of aliphatic hydroxyl groups is 1. The Morgan fingerprint density at radius 3 is 1.64 bits per heavy atom. The highest BCUT2D eigenvalue weighted by atomic mass is 16.3. The van der Waals surface area contributed by atoms with E-state index in [-0.39, 0.29) is 6.61 Å². The zero-order chi connectivity index (χ0) is 15.5. The summed E-state index contributed by atoms with van der Waals surface area (Å²) in [5.41, 5.74) is 5.75. The maximum absolute atomic E-state index is 9.52. The fraction of sp³-hybridized carbons (Fsp3) is 0.167. The van der Waals surface area contributed by atoms with E-state index >= 15 is 0 Å². The number of hydrogen-bond acceptors (Lipinski definition) is 4. The lowest BCUT2D eigenvalue weighted by Crippen LogP contribution is -1.97. The van der Waals surface area contributed by atoms with Crippen LogP contribution in [0, 0.1) is 13.8 Å². The average Bonchev–Trinajstić information content (AvgIpc) is 2.54. The van der Waals surface area contributed by atoms with Crippen molar-refractivity contribution in [3.8, 4) is 22.8 Å². The van der Waals surface area contributed by atoms with Gasteiger partial charge in [-0.05, 0) is 55.8 Å². The number of pyridine rings is 3. The van der Waals surface area contributed by atoms with Gasteiger partial charge in [0.15, 0.2) is 0 Å². The first-order chi connectivity index (χ1) is 10.7. The molecule has 0 fully saturated rings. The van der Waals surface area contributed by atoms with Crippen molar-refractivity contribution < 1.29 is 5.11 Å². The van der Waals surface area contributed by atoms with Crippen LogP contribution in [0.4, 0.5) is 0 Å². The van der Waals surface area contributed by atoms with Crippen LogP contribution in [-0.2, 0) is 6.61 Å². The van der Waals surface area contributed by atoms with E-state index in [1.807, 2.05) is 62.4 Å². The minimum atomic E-state index is -0.0415. The molecule has 22 heavy (non-hydrogen) atoms. The number of aliphatic hydroxyl groups excluding tert-OH is 1. The van der Waals surface area contributed by atoms with E-state index in [0.717, 1.165) is 39.7 Å². The predicted molar refractivity (Wildman–Crippen MR) is 86.1 cm³/mol. The topological polar surface area (TPSA) is 58.9 Å². The summed E-state index contributed by atoms with van der Waals surface area (Å²) in [6.45, 7) is 3.85. The van der Waals surface area contributed by atoms with Crippen LogP contribution in [-0.4, -0.2) is 20.1 Å². The molecule has 0 aliphatic rings. The molecule has 0 unspecified atom stereocenters. The van der Waals surface area contributed by atoms with E-state index in [9.17, 15) is 5.11 Å². The van der Waals surface area contributed by atoms with Gasteiger partial charge in [-0.1, -0.05) is 12.1 Å². The van der Waals surface area contributed by atoms with Gasteiger partial charge >= 0.3 is 0 Å². The molecule has 0 amide bonds. The van der Waals surface area contributed by atoms with Crippen LogP contribution in [0.25, 0.3) is 22.8 Å². The van der Waals surface area contributed by atoms with Crippen LogP contribution >= 0.6 is 0 Å². The zero-order valence-electron chi connectivity index (χ0n) is 12.6. The third kappa shape index (κ3) is 3.02. The molecule has 0 bridgehead atoms. The highest BCUT2D eigenvalue weighted by Crippen LogP contribution is 2.23. The monoisotopic (exact) mass is 291 g/mol. The molecule has 3 rings (SSSR count). The number of aromatic nitrogens is 3. The molecule has 3 aromatic rings. The summed E-state index contributed by atoms with van der Waals surface area (Å²) in [4.78, 5) is 13.7. The highest BCUT2D eigenvalue weighted by molar-refractivity contribution is 5.63. The molecule has 3 aromatic heterocycles. The van der Waals surface area contributed by atoms with E-state index < -0.39 is 0 Å². The van der Waals surface area contributed by atoms with E-state index in [4.69, 9.17) is 0 Å². The maximum Gasteiger partial charge on any atom is 0.0898 e. The third-order valence-corrected chi connectivity index (χ3v) is 3.37. The van der Waals surface area contributed by atoms with E-state index in [1.165, 1.54) is 0 Å². The molecule has 0 radical (unpaired) electrons. The predicted octanol–water partition coefficient (Wildman–Crippen LogP) is 3.31. The van der Waals surface area contributed by atoms with Gasteiger partial charge in [0.25, 0.3) is 0 Å². The maximum atomic E-state index is 9.52. The lowest BCUT2D eigenvalue weighted by molar-refractivity contribution is 0.282. The molecule has 0 aromatic carbocycles. The Balaban J connectivity index is 2.14. The molecule has 0 saturated carbocycles. The summed E-state index contributed by atoms with van der Waals surface area (Å²) < 4.78 is 0. The van der Waals surface area contributed by atoms with Gasteiger partial charge in [-0.25, -0.2) is 4.98 Å². The smallest absolute Gasteiger partial charge is 0.0898 e. The van der Waals surface area contributed by atoms with Crippen molar-refractivity contribution in [2.45, 2.75) is 20.5 Å². The molecule has 4 nitrogen and oxygen atoms in total. The van der Waals surface area contributed by atoms with Crippen molar-refractivity contribution in [1.82, 2.24) is 15.0 Å². The van der Waals surface area contributed by atoms with Crippen LogP contribution in [0.15, 0.2) is 48.5 Å². The number of hydrogen-bond donors (Lipinski definition) is 1. The number of aryl methyl sites for hydroxylation is 2. The van der Waals surface area contributed by atoms with Crippen LogP contribution in [0.3, 0.4) is 0 Å². The van der Waals surface area contributed by atoms with Crippen molar-refractivity contribution in [2.24, 2.45) is 0 Å². The second-order valence-electron chi connectivity index (χ2n) is 5.23. The Hall–Kier alpha value is -2.59.